The summed E-state index contributed by atoms with van der Waals surface area (Å²) in [4.78, 5) is 4.50. The monoisotopic (exact) mass is 423 g/mol. The molecule has 0 amide bonds. The molecule has 3 heterocycles. The summed E-state index contributed by atoms with van der Waals surface area (Å²) in [6, 6.07) is 15.3. The SMILES string of the molecule is COc1ccccc1Cc1nc(-c2nnn3c2CO[C@H](c2ccc(Cl)cc2)C3)no1. The van der Waals surface area contributed by atoms with E-state index in [1.54, 1.807) is 7.11 Å². The minimum Gasteiger partial charge on any atom is -0.496 e. The van der Waals surface area contributed by atoms with Crippen molar-refractivity contribution in [2.75, 3.05) is 7.11 Å². The first-order chi connectivity index (χ1) is 14.7. The highest BCUT2D eigenvalue weighted by Gasteiger charge is 2.27. The molecular formula is C21H18ClN5O3. The van der Waals surface area contributed by atoms with E-state index in [0.717, 1.165) is 22.6 Å². The molecule has 2 aromatic heterocycles. The second-order valence-corrected chi connectivity index (χ2v) is 7.35. The summed E-state index contributed by atoms with van der Waals surface area (Å²) in [5, 5.41) is 13.3. The van der Waals surface area contributed by atoms with Crippen LogP contribution in [-0.4, -0.2) is 32.2 Å². The molecule has 152 valence electrons. The minimum atomic E-state index is -0.115. The van der Waals surface area contributed by atoms with Gasteiger partial charge in [-0.05, 0) is 23.8 Å². The molecule has 1 aliphatic rings. The quantitative estimate of drug-likeness (QED) is 0.481. The number of nitrogens with zero attached hydrogens (tertiary/aromatic N) is 5. The van der Waals surface area contributed by atoms with E-state index in [-0.39, 0.29) is 6.10 Å². The molecule has 1 aliphatic heterocycles. The summed E-state index contributed by atoms with van der Waals surface area (Å²) >= 11 is 5.97. The Balaban J connectivity index is 1.36. The standard InChI is InChI=1S/C21H18ClN5O3/c1-28-17-5-3-2-4-14(17)10-19-23-21(25-30-19)20-16-12-29-18(11-27(16)26-24-20)13-6-8-15(22)9-7-13/h2-9,18H,10-12H2,1H3/t18-/m0/s1. The number of rotatable bonds is 5. The van der Waals surface area contributed by atoms with Gasteiger partial charge in [0.15, 0.2) is 5.69 Å². The Hall–Kier alpha value is -3.23. The largest absolute Gasteiger partial charge is 0.496 e. The topological polar surface area (TPSA) is 88.1 Å². The molecule has 0 saturated carbocycles. The number of hydrogen-bond acceptors (Lipinski definition) is 7. The van der Waals surface area contributed by atoms with Gasteiger partial charge < -0.3 is 14.0 Å². The highest BCUT2D eigenvalue weighted by molar-refractivity contribution is 6.30. The van der Waals surface area contributed by atoms with Crippen LogP contribution < -0.4 is 4.74 Å². The van der Waals surface area contributed by atoms with E-state index in [1.165, 1.54) is 0 Å². The summed E-state index contributed by atoms with van der Waals surface area (Å²) < 4.78 is 18.7. The van der Waals surface area contributed by atoms with Crippen LogP contribution in [0.15, 0.2) is 53.1 Å². The van der Waals surface area contributed by atoms with E-state index in [2.05, 4.69) is 20.5 Å². The van der Waals surface area contributed by atoms with Gasteiger partial charge in [-0.2, -0.15) is 4.98 Å². The lowest BCUT2D eigenvalue weighted by atomic mass is 10.1. The van der Waals surface area contributed by atoms with Crippen molar-refractivity contribution in [3.8, 4) is 17.3 Å². The molecule has 5 rings (SSSR count). The van der Waals surface area contributed by atoms with Crippen LogP contribution in [0.4, 0.5) is 0 Å². The Labute approximate surface area is 177 Å². The van der Waals surface area contributed by atoms with Gasteiger partial charge in [0.2, 0.25) is 11.7 Å². The van der Waals surface area contributed by atoms with Gasteiger partial charge in [0, 0.05) is 10.6 Å². The number of ether oxygens (including phenoxy) is 2. The maximum atomic E-state index is 6.04. The van der Waals surface area contributed by atoms with Crippen LogP contribution in [0.1, 0.15) is 28.8 Å². The van der Waals surface area contributed by atoms with Crippen LogP contribution in [0.2, 0.25) is 5.02 Å². The molecule has 0 unspecified atom stereocenters. The molecular weight excluding hydrogens is 406 g/mol. The number of hydrogen-bond donors (Lipinski definition) is 0. The lowest BCUT2D eigenvalue weighted by Gasteiger charge is -2.24. The molecule has 0 saturated heterocycles. The Morgan fingerprint density at radius 2 is 2.00 bits per heavy atom. The second-order valence-electron chi connectivity index (χ2n) is 6.92. The predicted octanol–water partition coefficient (Wildman–Crippen LogP) is 3.85. The van der Waals surface area contributed by atoms with Crippen LogP contribution in [0.3, 0.4) is 0 Å². The van der Waals surface area contributed by atoms with Crippen LogP contribution in [0, 0.1) is 0 Å². The third-order valence-corrected chi connectivity index (χ3v) is 5.31. The van der Waals surface area contributed by atoms with Crippen LogP contribution in [-0.2, 0) is 24.3 Å². The molecule has 8 nitrogen and oxygen atoms in total. The first-order valence-electron chi connectivity index (χ1n) is 9.45. The third-order valence-electron chi connectivity index (χ3n) is 5.05. The van der Waals surface area contributed by atoms with E-state index in [9.17, 15) is 0 Å². The van der Waals surface area contributed by atoms with Crippen LogP contribution >= 0.6 is 11.6 Å². The second kappa shape index (κ2) is 7.89. The first kappa shape index (κ1) is 18.8. The minimum absolute atomic E-state index is 0.115. The number of fused-ring (bicyclic) bond motifs is 1. The maximum Gasteiger partial charge on any atom is 0.231 e. The molecule has 1 atom stereocenters. The van der Waals surface area contributed by atoms with Gasteiger partial charge in [0.1, 0.15) is 11.9 Å². The van der Waals surface area contributed by atoms with Crippen molar-refractivity contribution in [1.82, 2.24) is 25.1 Å². The van der Waals surface area contributed by atoms with E-state index < -0.39 is 0 Å². The van der Waals surface area contributed by atoms with Gasteiger partial charge in [-0.3, -0.25) is 0 Å². The van der Waals surface area contributed by atoms with Gasteiger partial charge in [-0.1, -0.05) is 52.3 Å². The normalized spacial score (nSPS) is 15.7. The zero-order valence-corrected chi connectivity index (χ0v) is 16.9. The van der Waals surface area contributed by atoms with Crippen molar-refractivity contribution in [3.63, 3.8) is 0 Å². The third kappa shape index (κ3) is 3.55. The zero-order valence-electron chi connectivity index (χ0n) is 16.2. The maximum absolute atomic E-state index is 6.04. The molecule has 2 aromatic carbocycles. The summed E-state index contributed by atoms with van der Waals surface area (Å²) in [6.45, 7) is 0.905. The van der Waals surface area contributed by atoms with E-state index >= 15 is 0 Å². The van der Waals surface area contributed by atoms with Crippen molar-refractivity contribution >= 4 is 11.6 Å². The molecule has 0 bridgehead atoms. The predicted molar refractivity (Wildman–Crippen MR) is 108 cm³/mol. The fraction of sp³-hybridized carbons (Fsp3) is 0.238. The first-order valence-corrected chi connectivity index (χ1v) is 9.83. The van der Waals surface area contributed by atoms with Gasteiger partial charge in [0.05, 0.1) is 32.4 Å². The lowest BCUT2D eigenvalue weighted by molar-refractivity contribution is -0.00111. The van der Waals surface area contributed by atoms with Crippen molar-refractivity contribution in [3.05, 3.63) is 76.3 Å². The number of methoxy groups -OCH3 is 1. The van der Waals surface area contributed by atoms with Gasteiger partial charge in [0.25, 0.3) is 0 Å². The Morgan fingerprint density at radius 1 is 1.17 bits per heavy atom. The van der Waals surface area contributed by atoms with E-state index in [4.69, 9.17) is 25.6 Å². The molecule has 0 aliphatic carbocycles. The molecule has 30 heavy (non-hydrogen) atoms. The van der Waals surface area contributed by atoms with Gasteiger partial charge in [-0.15, -0.1) is 5.10 Å². The lowest BCUT2D eigenvalue weighted by Crippen LogP contribution is -2.22. The molecule has 0 N–H and O–H groups in total. The highest BCUT2D eigenvalue weighted by atomic mass is 35.5. The fourth-order valence-electron chi connectivity index (χ4n) is 3.50. The van der Waals surface area contributed by atoms with Crippen molar-refractivity contribution < 1.29 is 14.0 Å². The molecule has 0 radical (unpaired) electrons. The number of benzene rings is 2. The summed E-state index contributed by atoms with van der Waals surface area (Å²) in [5.41, 5.74) is 3.40. The zero-order chi connectivity index (χ0) is 20.5. The molecule has 0 fully saturated rings. The van der Waals surface area contributed by atoms with Crippen molar-refractivity contribution in [1.29, 1.82) is 0 Å². The molecule has 4 aromatic rings. The van der Waals surface area contributed by atoms with E-state index in [0.29, 0.717) is 42.0 Å². The van der Waals surface area contributed by atoms with Crippen molar-refractivity contribution in [2.45, 2.75) is 25.7 Å². The average molecular weight is 424 g/mol. The average Bonchev–Trinajstić information content (AvgIpc) is 3.41. The Morgan fingerprint density at radius 3 is 2.83 bits per heavy atom. The number of para-hydroxylation sites is 1. The fourth-order valence-corrected chi connectivity index (χ4v) is 3.63. The van der Waals surface area contributed by atoms with Crippen LogP contribution in [0.25, 0.3) is 11.5 Å². The van der Waals surface area contributed by atoms with Crippen molar-refractivity contribution in [2.24, 2.45) is 0 Å². The highest BCUT2D eigenvalue weighted by Crippen LogP contribution is 2.30. The summed E-state index contributed by atoms with van der Waals surface area (Å²) in [6.07, 6.45) is 0.353. The molecule has 0 spiro atoms. The summed E-state index contributed by atoms with van der Waals surface area (Å²) in [5.74, 6) is 1.65. The Kier molecular flexibility index (Phi) is 4.94. The smallest absolute Gasteiger partial charge is 0.231 e. The van der Waals surface area contributed by atoms with Gasteiger partial charge in [-0.25, -0.2) is 4.68 Å². The summed E-state index contributed by atoms with van der Waals surface area (Å²) in [7, 11) is 1.64. The van der Waals surface area contributed by atoms with Crippen LogP contribution in [0.5, 0.6) is 5.75 Å². The number of halogens is 1. The molecule has 9 heteroatoms. The Bertz CT molecular complexity index is 1170. The van der Waals surface area contributed by atoms with Gasteiger partial charge >= 0.3 is 0 Å². The van der Waals surface area contributed by atoms with E-state index in [1.807, 2.05) is 53.2 Å². The number of aromatic nitrogens is 5.